The first-order valence-electron chi connectivity index (χ1n) is 11.6. The van der Waals surface area contributed by atoms with E-state index in [4.69, 9.17) is 4.74 Å². The molecule has 11 heteroatoms. The smallest absolute Gasteiger partial charge is 0.457 e. The van der Waals surface area contributed by atoms with E-state index < -0.39 is 43.2 Å². The van der Waals surface area contributed by atoms with Crippen LogP contribution in [0.25, 0.3) is 0 Å². The maximum absolute atomic E-state index is 13.4. The second kappa shape index (κ2) is 12.0. The monoisotopic (exact) mass is 545 g/mol. The van der Waals surface area contributed by atoms with Crippen LogP contribution < -0.4 is 14.8 Å². The normalized spacial score (nSPS) is 14.0. The predicted octanol–water partition coefficient (Wildman–Crippen LogP) is 7.44. The molecular weight excluding hydrogens is 519 g/mol. The second-order valence-corrected chi connectivity index (χ2v) is 8.84. The van der Waals surface area contributed by atoms with E-state index in [2.05, 4.69) is 10.1 Å². The standard InChI is InChI=1S/C27H26F7NO3/c1-16(2)17-6-3-9-20(12-17)37-21-10-4-7-18(13-21)24(35-15-23(36)26(30,31)32)19-8-5-11-22(14-19)38-27(33,34)25(28)29/h3-14,16,23-25,35-36H,15H2,1-2H3/t23-,24?/m1/s1. The molecule has 0 heterocycles. The van der Waals surface area contributed by atoms with Gasteiger partial charge < -0.3 is 19.9 Å². The Morgan fingerprint density at radius 1 is 0.763 bits per heavy atom. The molecular formula is C27H26F7NO3. The maximum Gasteiger partial charge on any atom is 0.461 e. The van der Waals surface area contributed by atoms with Crippen LogP contribution in [0.3, 0.4) is 0 Å². The molecule has 3 aromatic rings. The highest BCUT2D eigenvalue weighted by atomic mass is 19.4. The summed E-state index contributed by atoms with van der Waals surface area (Å²) in [6.07, 6.45) is -16.5. The van der Waals surface area contributed by atoms with Gasteiger partial charge in [-0.25, -0.2) is 0 Å². The minimum absolute atomic E-state index is 0.126. The van der Waals surface area contributed by atoms with Gasteiger partial charge in [-0.2, -0.15) is 30.7 Å². The molecule has 0 fully saturated rings. The van der Waals surface area contributed by atoms with E-state index in [1.165, 1.54) is 18.2 Å². The number of hydrogen-bond donors (Lipinski definition) is 2. The fraction of sp³-hybridized carbons (Fsp3) is 0.333. The van der Waals surface area contributed by atoms with Crippen molar-refractivity contribution in [3.8, 4) is 17.2 Å². The highest BCUT2D eigenvalue weighted by Gasteiger charge is 2.44. The third kappa shape index (κ3) is 7.84. The lowest BCUT2D eigenvalue weighted by Crippen LogP contribution is -2.40. The van der Waals surface area contributed by atoms with E-state index in [-0.39, 0.29) is 11.5 Å². The van der Waals surface area contributed by atoms with Gasteiger partial charge in [-0.1, -0.05) is 50.2 Å². The molecule has 0 aliphatic heterocycles. The third-order valence-electron chi connectivity index (χ3n) is 5.54. The van der Waals surface area contributed by atoms with Crippen molar-refractivity contribution in [2.75, 3.05) is 6.54 Å². The van der Waals surface area contributed by atoms with Gasteiger partial charge in [-0.15, -0.1) is 0 Å². The Labute approximate surface area is 215 Å². The Kier molecular flexibility index (Phi) is 9.26. The van der Waals surface area contributed by atoms with E-state index in [1.54, 1.807) is 24.3 Å². The van der Waals surface area contributed by atoms with E-state index in [0.717, 1.165) is 17.7 Å². The number of hydrogen-bond acceptors (Lipinski definition) is 4. The van der Waals surface area contributed by atoms with Crippen LogP contribution >= 0.6 is 0 Å². The Hall–Kier alpha value is -3.31. The van der Waals surface area contributed by atoms with Gasteiger partial charge >= 0.3 is 18.7 Å². The van der Waals surface area contributed by atoms with Crippen molar-refractivity contribution in [2.45, 2.75) is 50.6 Å². The van der Waals surface area contributed by atoms with Crippen LogP contribution in [0, 0.1) is 0 Å². The van der Waals surface area contributed by atoms with Crippen LogP contribution in [-0.2, 0) is 0 Å². The molecule has 2 N–H and O–H groups in total. The van der Waals surface area contributed by atoms with Crippen molar-refractivity contribution < 1.29 is 45.3 Å². The van der Waals surface area contributed by atoms with E-state index in [1.807, 2.05) is 32.0 Å². The van der Waals surface area contributed by atoms with Gasteiger partial charge in [0, 0.05) is 6.54 Å². The van der Waals surface area contributed by atoms with Crippen molar-refractivity contribution in [1.29, 1.82) is 0 Å². The molecule has 3 aromatic carbocycles. The molecule has 0 spiro atoms. The fourth-order valence-electron chi connectivity index (χ4n) is 3.56. The van der Waals surface area contributed by atoms with Gasteiger partial charge in [0.05, 0.1) is 6.04 Å². The van der Waals surface area contributed by atoms with Gasteiger partial charge in [0.15, 0.2) is 6.10 Å². The van der Waals surface area contributed by atoms with E-state index in [9.17, 15) is 35.8 Å². The lowest BCUT2D eigenvalue weighted by molar-refractivity contribution is -0.253. The SMILES string of the molecule is CC(C)c1cccc(Oc2cccc(C(NC[C@@H](O)C(F)(F)F)c3cccc(OC(F)(F)C(F)F)c3)c2)c1. The van der Waals surface area contributed by atoms with Crippen LogP contribution in [-0.4, -0.2) is 36.5 Å². The van der Waals surface area contributed by atoms with Gasteiger partial charge in [-0.3, -0.25) is 0 Å². The minimum Gasteiger partial charge on any atom is -0.457 e. The summed E-state index contributed by atoms with van der Waals surface area (Å²) in [5.74, 6) is 0.484. The van der Waals surface area contributed by atoms with Crippen LogP contribution in [0.5, 0.6) is 17.2 Å². The van der Waals surface area contributed by atoms with Crippen molar-refractivity contribution >= 4 is 0 Å². The molecule has 3 rings (SSSR count). The van der Waals surface area contributed by atoms with Crippen molar-refractivity contribution in [1.82, 2.24) is 5.32 Å². The average molecular weight is 545 g/mol. The zero-order valence-corrected chi connectivity index (χ0v) is 20.4. The number of halogens is 7. The van der Waals surface area contributed by atoms with Crippen LogP contribution in [0.15, 0.2) is 72.8 Å². The largest absolute Gasteiger partial charge is 0.461 e. The summed E-state index contributed by atoms with van der Waals surface area (Å²) in [6.45, 7) is 3.09. The van der Waals surface area contributed by atoms with Crippen LogP contribution in [0.2, 0.25) is 0 Å². The van der Waals surface area contributed by atoms with Crippen LogP contribution in [0.1, 0.15) is 42.5 Å². The lowest BCUT2D eigenvalue weighted by atomic mass is 9.98. The minimum atomic E-state index is -4.91. The molecule has 0 radical (unpaired) electrons. The van der Waals surface area contributed by atoms with Gasteiger partial charge in [-0.05, 0) is 59.0 Å². The number of nitrogens with one attached hydrogen (secondary N) is 1. The lowest BCUT2D eigenvalue weighted by Gasteiger charge is -2.24. The van der Waals surface area contributed by atoms with Crippen molar-refractivity contribution in [3.63, 3.8) is 0 Å². The third-order valence-corrected chi connectivity index (χ3v) is 5.54. The molecule has 38 heavy (non-hydrogen) atoms. The predicted molar refractivity (Wildman–Crippen MR) is 127 cm³/mol. The highest BCUT2D eigenvalue weighted by Crippen LogP contribution is 2.33. The molecule has 0 aromatic heterocycles. The van der Waals surface area contributed by atoms with Gasteiger partial charge in [0.1, 0.15) is 17.2 Å². The Morgan fingerprint density at radius 3 is 1.74 bits per heavy atom. The molecule has 0 saturated carbocycles. The topological polar surface area (TPSA) is 50.7 Å². The second-order valence-electron chi connectivity index (χ2n) is 8.84. The summed E-state index contributed by atoms with van der Waals surface area (Å²) in [4.78, 5) is 0. The first-order chi connectivity index (χ1) is 17.8. The molecule has 0 saturated heterocycles. The van der Waals surface area contributed by atoms with Crippen molar-refractivity contribution in [3.05, 3.63) is 89.5 Å². The molecule has 0 aliphatic carbocycles. The summed E-state index contributed by atoms with van der Waals surface area (Å²) in [7, 11) is 0. The summed E-state index contributed by atoms with van der Waals surface area (Å²) in [5.41, 5.74) is 1.51. The summed E-state index contributed by atoms with van der Waals surface area (Å²) in [5, 5.41) is 12.1. The quantitative estimate of drug-likeness (QED) is 0.246. The zero-order chi connectivity index (χ0) is 28.1. The summed E-state index contributed by atoms with van der Waals surface area (Å²) < 4.78 is 101. The molecule has 206 valence electrons. The highest BCUT2D eigenvalue weighted by molar-refractivity contribution is 5.42. The molecule has 0 bridgehead atoms. The van der Waals surface area contributed by atoms with Gasteiger partial charge in [0.25, 0.3) is 0 Å². The molecule has 4 nitrogen and oxygen atoms in total. The fourth-order valence-corrected chi connectivity index (χ4v) is 3.56. The first kappa shape index (κ1) is 29.2. The van der Waals surface area contributed by atoms with Crippen LogP contribution in [0.4, 0.5) is 30.7 Å². The Balaban J connectivity index is 1.94. The van der Waals surface area contributed by atoms with E-state index in [0.29, 0.717) is 17.1 Å². The van der Waals surface area contributed by atoms with E-state index >= 15 is 0 Å². The molecule has 0 aliphatic rings. The molecule has 0 amide bonds. The number of aliphatic hydroxyl groups is 1. The Morgan fingerprint density at radius 2 is 1.24 bits per heavy atom. The van der Waals surface area contributed by atoms with Crippen molar-refractivity contribution in [2.24, 2.45) is 0 Å². The number of alkyl halides is 7. The number of ether oxygens (including phenoxy) is 2. The number of benzene rings is 3. The number of aliphatic hydroxyl groups excluding tert-OH is 1. The van der Waals surface area contributed by atoms with Gasteiger partial charge in [0.2, 0.25) is 0 Å². The maximum atomic E-state index is 13.4. The first-order valence-corrected chi connectivity index (χ1v) is 11.6. The molecule has 2 atom stereocenters. The zero-order valence-electron chi connectivity index (χ0n) is 20.4. The Bertz CT molecular complexity index is 1200. The summed E-state index contributed by atoms with van der Waals surface area (Å²) in [6, 6.07) is 17.2. The average Bonchev–Trinajstić information content (AvgIpc) is 2.84. The number of rotatable bonds is 11. The molecule has 1 unspecified atom stereocenters. The summed E-state index contributed by atoms with van der Waals surface area (Å²) >= 11 is 0.